The van der Waals surface area contributed by atoms with E-state index >= 15 is 0 Å². The van der Waals surface area contributed by atoms with Crippen LogP contribution in [0.15, 0.2) is 34.5 Å². The molecular weight excluding hydrogens is 344 g/mol. The summed E-state index contributed by atoms with van der Waals surface area (Å²) >= 11 is 0. The average molecular weight is 368 g/mol. The number of anilines is 2. The molecule has 0 saturated carbocycles. The molecule has 0 radical (unpaired) electrons. The van der Waals surface area contributed by atoms with Crippen LogP contribution in [0.5, 0.6) is 0 Å². The van der Waals surface area contributed by atoms with Gasteiger partial charge in [0.05, 0.1) is 29.9 Å². The van der Waals surface area contributed by atoms with Gasteiger partial charge in [0.2, 0.25) is 5.91 Å². The molecule has 2 heterocycles. The molecule has 1 aliphatic rings. The van der Waals surface area contributed by atoms with E-state index in [9.17, 15) is 9.90 Å². The minimum absolute atomic E-state index is 0.0605. The van der Waals surface area contributed by atoms with Gasteiger partial charge in [-0.1, -0.05) is 6.92 Å². The van der Waals surface area contributed by atoms with Crippen LogP contribution in [0.1, 0.15) is 31.3 Å². The first-order valence-corrected chi connectivity index (χ1v) is 8.88. The molecule has 0 bridgehead atoms. The first-order valence-electron chi connectivity index (χ1n) is 8.88. The Morgan fingerprint density at radius 2 is 2.15 bits per heavy atom. The first-order chi connectivity index (χ1) is 12.9. The Morgan fingerprint density at radius 1 is 1.37 bits per heavy atom. The smallest absolute Gasteiger partial charge is 0.224 e. The molecule has 142 valence electrons. The molecule has 1 amide bonds. The van der Waals surface area contributed by atoms with Crippen LogP contribution in [0.4, 0.5) is 17.1 Å². The summed E-state index contributed by atoms with van der Waals surface area (Å²) in [4.78, 5) is 23.1. The average Bonchev–Trinajstić information content (AvgIpc) is 3.16. The van der Waals surface area contributed by atoms with E-state index in [1.165, 1.54) is 0 Å². The van der Waals surface area contributed by atoms with Gasteiger partial charge in [0, 0.05) is 26.2 Å². The molecule has 0 fully saturated rings. The Hall–Kier alpha value is -3.00. The molecule has 0 aliphatic carbocycles. The number of aliphatic hydroxyl groups excluding tert-OH is 1. The van der Waals surface area contributed by atoms with Crippen LogP contribution in [-0.2, 0) is 4.79 Å². The van der Waals surface area contributed by atoms with Crippen molar-refractivity contribution in [1.82, 2.24) is 9.66 Å². The number of aryl methyl sites for hydroxylation is 1. The summed E-state index contributed by atoms with van der Waals surface area (Å²) in [5.74, 6) is 0.522. The van der Waals surface area contributed by atoms with Crippen LogP contribution in [0.3, 0.4) is 0 Å². The van der Waals surface area contributed by atoms with Crippen LogP contribution in [0.25, 0.3) is 0 Å². The van der Waals surface area contributed by atoms with E-state index in [1.54, 1.807) is 10.9 Å². The summed E-state index contributed by atoms with van der Waals surface area (Å²) in [5.41, 5.74) is 3.98. The van der Waals surface area contributed by atoms with Gasteiger partial charge in [-0.05, 0) is 31.5 Å². The van der Waals surface area contributed by atoms with E-state index in [0.29, 0.717) is 35.0 Å². The molecule has 1 aliphatic heterocycles. The minimum atomic E-state index is -0.241. The maximum absolute atomic E-state index is 12.2. The van der Waals surface area contributed by atoms with Gasteiger partial charge in [-0.2, -0.15) is 5.10 Å². The molecule has 0 saturated heterocycles. The number of aliphatic imine (C=N–C) groups is 1. The highest BCUT2D eigenvalue weighted by atomic mass is 16.3. The SMILES string of the molecule is CCCC(=O)Nc1cc(N(C)C)ccc1N=C1C(CO)=Nn2c(C)cnc21. The van der Waals surface area contributed by atoms with Gasteiger partial charge in [0.15, 0.2) is 5.82 Å². The van der Waals surface area contributed by atoms with E-state index in [0.717, 1.165) is 17.8 Å². The zero-order valence-electron chi connectivity index (χ0n) is 16.0. The fourth-order valence-electron chi connectivity index (χ4n) is 2.80. The number of nitrogens with one attached hydrogen (secondary N) is 1. The van der Waals surface area contributed by atoms with Gasteiger partial charge in [-0.3, -0.25) is 4.79 Å². The summed E-state index contributed by atoms with van der Waals surface area (Å²) in [6.45, 7) is 3.61. The van der Waals surface area contributed by atoms with E-state index in [-0.39, 0.29) is 12.5 Å². The van der Waals surface area contributed by atoms with Gasteiger partial charge < -0.3 is 15.3 Å². The number of aromatic nitrogens is 2. The van der Waals surface area contributed by atoms with Crippen molar-refractivity contribution in [3.63, 3.8) is 0 Å². The van der Waals surface area contributed by atoms with Crippen molar-refractivity contribution in [2.45, 2.75) is 26.7 Å². The number of hydrogen-bond acceptors (Lipinski definition) is 6. The van der Waals surface area contributed by atoms with E-state index in [1.807, 2.05) is 51.0 Å². The van der Waals surface area contributed by atoms with Gasteiger partial charge in [0.1, 0.15) is 11.4 Å². The van der Waals surface area contributed by atoms with Gasteiger partial charge in [-0.15, -0.1) is 0 Å². The summed E-state index contributed by atoms with van der Waals surface area (Å²) in [6, 6.07) is 5.66. The highest BCUT2D eigenvalue weighted by Crippen LogP contribution is 2.31. The van der Waals surface area contributed by atoms with Crippen molar-refractivity contribution in [2.75, 3.05) is 30.9 Å². The molecule has 27 heavy (non-hydrogen) atoms. The van der Waals surface area contributed by atoms with Gasteiger partial charge >= 0.3 is 0 Å². The van der Waals surface area contributed by atoms with Crippen LogP contribution in [0.2, 0.25) is 0 Å². The van der Waals surface area contributed by atoms with E-state index in [2.05, 4.69) is 20.4 Å². The van der Waals surface area contributed by atoms with Crippen LogP contribution >= 0.6 is 0 Å². The van der Waals surface area contributed by atoms with Gasteiger partial charge in [0.25, 0.3) is 0 Å². The number of amides is 1. The third kappa shape index (κ3) is 3.75. The molecule has 8 heteroatoms. The second-order valence-corrected chi connectivity index (χ2v) is 6.59. The fraction of sp³-hybridized carbons (Fsp3) is 0.368. The number of aliphatic hydroxyl groups is 1. The summed E-state index contributed by atoms with van der Waals surface area (Å²) in [7, 11) is 3.87. The van der Waals surface area contributed by atoms with Crippen molar-refractivity contribution in [3.8, 4) is 0 Å². The maximum Gasteiger partial charge on any atom is 0.224 e. The number of carbonyl (C=O) groups is 1. The number of benzene rings is 1. The van der Waals surface area contributed by atoms with Crippen LogP contribution in [-0.4, -0.2) is 52.8 Å². The fourth-order valence-corrected chi connectivity index (χ4v) is 2.80. The predicted octanol–water partition coefficient (Wildman–Crippen LogP) is 2.33. The molecule has 0 unspecified atom stereocenters. The van der Waals surface area contributed by atoms with E-state index in [4.69, 9.17) is 0 Å². The van der Waals surface area contributed by atoms with Crippen molar-refractivity contribution < 1.29 is 9.90 Å². The highest BCUT2D eigenvalue weighted by Gasteiger charge is 2.25. The standard InChI is InChI=1S/C19H24N6O2/c1-5-6-17(27)21-15-9-13(24(3)4)7-8-14(15)22-18-16(11-26)23-25-12(2)10-20-19(18)25/h7-10,26H,5-6,11H2,1-4H3,(H,21,27). The molecule has 2 aromatic rings. The lowest BCUT2D eigenvalue weighted by molar-refractivity contribution is -0.116. The quantitative estimate of drug-likeness (QED) is 0.818. The number of imidazole rings is 1. The molecule has 0 spiro atoms. The zero-order valence-corrected chi connectivity index (χ0v) is 16.0. The Labute approximate surface area is 158 Å². The molecule has 3 rings (SSSR count). The summed E-state index contributed by atoms with van der Waals surface area (Å²) in [6.07, 6.45) is 2.91. The van der Waals surface area contributed by atoms with E-state index < -0.39 is 0 Å². The lowest BCUT2D eigenvalue weighted by atomic mass is 10.2. The molecule has 1 aromatic heterocycles. The lowest BCUT2D eigenvalue weighted by Crippen LogP contribution is -2.16. The lowest BCUT2D eigenvalue weighted by Gasteiger charge is -2.16. The Balaban J connectivity index is 2.06. The normalized spacial score (nSPS) is 14.3. The third-order valence-electron chi connectivity index (χ3n) is 4.24. The number of nitrogens with zero attached hydrogens (tertiary/aromatic N) is 5. The number of rotatable bonds is 6. The molecular formula is C19H24N6O2. The predicted molar refractivity (Wildman–Crippen MR) is 107 cm³/mol. The van der Waals surface area contributed by atoms with Gasteiger partial charge in [-0.25, -0.2) is 14.7 Å². The maximum atomic E-state index is 12.2. The second-order valence-electron chi connectivity index (χ2n) is 6.59. The Kier molecular flexibility index (Phi) is 5.36. The molecule has 2 N–H and O–H groups in total. The van der Waals surface area contributed by atoms with Crippen LogP contribution in [0, 0.1) is 6.92 Å². The largest absolute Gasteiger partial charge is 0.390 e. The Bertz CT molecular complexity index is 926. The van der Waals surface area contributed by atoms with Crippen molar-refractivity contribution in [2.24, 2.45) is 10.1 Å². The highest BCUT2D eigenvalue weighted by molar-refractivity contribution is 6.49. The molecule has 8 nitrogen and oxygen atoms in total. The first kappa shape index (κ1) is 18.8. The third-order valence-corrected chi connectivity index (χ3v) is 4.24. The summed E-state index contributed by atoms with van der Waals surface area (Å²) in [5, 5.41) is 17.0. The Morgan fingerprint density at radius 3 is 2.81 bits per heavy atom. The molecule has 1 aromatic carbocycles. The number of hydrogen-bond donors (Lipinski definition) is 2. The topological polar surface area (TPSA) is 95.1 Å². The van der Waals surface area contributed by atoms with Crippen molar-refractivity contribution in [3.05, 3.63) is 35.9 Å². The zero-order chi connectivity index (χ0) is 19.6. The second kappa shape index (κ2) is 7.71. The molecule has 0 atom stereocenters. The van der Waals surface area contributed by atoms with Crippen molar-refractivity contribution in [1.29, 1.82) is 0 Å². The monoisotopic (exact) mass is 368 g/mol. The number of carbonyl (C=O) groups excluding carboxylic acids is 1. The van der Waals surface area contributed by atoms with Crippen LogP contribution < -0.4 is 10.2 Å². The number of fused-ring (bicyclic) bond motifs is 1. The summed E-state index contributed by atoms with van der Waals surface area (Å²) < 4.78 is 1.66. The van der Waals surface area contributed by atoms with Crippen molar-refractivity contribution >= 4 is 34.4 Å². The minimum Gasteiger partial charge on any atom is -0.390 e.